The maximum Gasteiger partial charge on any atom is 0.232 e. The molecule has 2 aromatic carbocycles. The van der Waals surface area contributed by atoms with Crippen LogP contribution in [-0.4, -0.2) is 40.7 Å². The van der Waals surface area contributed by atoms with Crippen molar-refractivity contribution < 1.29 is 9.59 Å². The molecule has 0 aromatic heterocycles. The first kappa shape index (κ1) is 21.1. The second-order valence-electron chi connectivity index (χ2n) is 8.29. The zero-order valence-corrected chi connectivity index (χ0v) is 17.6. The van der Waals surface area contributed by atoms with Crippen molar-refractivity contribution in [2.45, 2.75) is 52.1 Å². The second-order valence-corrected chi connectivity index (χ2v) is 8.29. The highest BCUT2D eigenvalue weighted by Gasteiger charge is 2.26. The van der Waals surface area contributed by atoms with Gasteiger partial charge in [0.1, 0.15) is 6.42 Å². The van der Waals surface area contributed by atoms with Gasteiger partial charge in [0.05, 0.1) is 0 Å². The average Bonchev–Trinajstić information content (AvgIpc) is 2.73. The summed E-state index contributed by atoms with van der Waals surface area (Å²) in [5.41, 5.74) is 2.45. The zero-order valence-electron chi connectivity index (χ0n) is 17.6. The van der Waals surface area contributed by atoms with Crippen molar-refractivity contribution in [1.29, 1.82) is 0 Å². The molecule has 29 heavy (non-hydrogen) atoms. The van der Waals surface area contributed by atoms with Crippen molar-refractivity contribution >= 4 is 11.8 Å². The van der Waals surface area contributed by atoms with Crippen LogP contribution >= 0.6 is 0 Å². The molecule has 0 aliphatic carbocycles. The number of carbonyl (C=O) groups excluding carboxylic acids is 2. The number of rotatable bonds is 7. The fourth-order valence-corrected chi connectivity index (χ4v) is 4.02. The van der Waals surface area contributed by atoms with Gasteiger partial charge in [-0.3, -0.25) is 9.59 Å². The fourth-order valence-electron chi connectivity index (χ4n) is 4.02. The highest BCUT2D eigenvalue weighted by Crippen LogP contribution is 2.22. The molecule has 0 bridgehead atoms. The van der Waals surface area contributed by atoms with Gasteiger partial charge in [-0.05, 0) is 50.2 Å². The summed E-state index contributed by atoms with van der Waals surface area (Å²) >= 11 is 0. The summed E-state index contributed by atoms with van der Waals surface area (Å²) in [5.74, 6) is 0.495. The van der Waals surface area contributed by atoms with Crippen LogP contribution < -0.4 is 0 Å². The summed E-state index contributed by atoms with van der Waals surface area (Å²) < 4.78 is 0. The number of likely N-dealkylation sites (tertiary alicyclic amines) is 1. The van der Waals surface area contributed by atoms with E-state index in [0.29, 0.717) is 12.5 Å². The van der Waals surface area contributed by atoms with Gasteiger partial charge in [0, 0.05) is 25.7 Å². The number of hydrogen-bond donors (Lipinski definition) is 0. The number of nitrogens with zero attached hydrogens (tertiary/aromatic N) is 2. The van der Waals surface area contributed by atoms with Gasteiger partial charge in [-0.2, -0.15) is 0 Å². The largest absolute Gasteiger partial charge is 0.342 e. The van der Waals surface area contributed by atoms with Crippen molar-refractivity contribution in [3.8, 4) is 0 Å². The standard InChI is InChI=1S/C25H32N2O2/c1-20(2)27(19-23-11-7-4-8-12-23)25(29)18-24(28)26-15-13-22(14-16-26)17-21-9-5-3-6-10-21/h3-12,20,22H,13-19H2,1-2H3. The van der Waals surface area contributed by atoms with Gasteiger partial charge in [0.25, 0.3) is 0 Å². The van der Waals surface area contributed by atoms with Crippen LogP contribution in [0.4, 0.5) is 0 Å². The third-order valence-corrected chi connectivity index (χ3v) is 5.78. The molecule has 1 aliphatic heterocycles. The van der Waals surface area contributed by atoms with E-state index in [4.69, 9.17) is 0 Å². The van der Waals surface area contributed by atoms with E-state index < -0.39 is 0 Å². The Morgan fingerprint density at radius 2 is 1.48 bits per heavy atom. The van der Waals surface area contributed by atoms with Crippen LogP contribution in [0.3, 0.4) is 0 Å². The Labute approximate surface area is 174 Å². The summed E-state index contributed by atoms with van der Waals surface area (Å²) in [7, 11) is 0. The van der Waals surface area contributed by atoms with E-state index in [0.717, 1.165) is 37.9 Å². The molecule has 1 fully saturated rings. The van der Waals surface area contributed by atoms with Gasteiger partial charge in [-0.25, -0.2) is 0 Å². The Bertz CT molecular complexity index is 781. The van der Waals surface area contributed by atoms with Crippen LogP contribution in [-0.2, 0) is 22.6 Å². The Morgan fingerprint density at radius 1 is 0.931 bits per heavy atom. The molecule has 0 saturated carbocycles. The first-order valence-electron chi connectivity index (χ1n) is 10.7. The maximum absolute atomic E-state index is 12.8. The number of amides is 2. The highest BCUT2D eigenvalue weighted by molar-refractivity contribution is 5.97. The third-order valence-electron chi connectivity index (χ3n) is 5.78. The number of benzene rings is 2. The molecular formula is C25H32N2O2. The van der Waals surface area contributed by atoms with Crippen LogP contribution in [0.15, 0.2) is 60.7 Å². The van der Waals surface area contributed by atoms with Crippen molar-refractivity contribution in [3.63, 3.8) is 0 Å². The molecule has 4 heteroatoms. The van der Waals surface area contributed by atoms with Crippen molar-refractivity contribution in [2.24, 2.45) is 5.92 Å². The smallest absolute Gasteiger partial charge is 0.232 e. The Kier molecular flexibility index (Phi) is 7.45. The van der Waals surface area contributed by atoms with Gasteiger partial charge in [0.15, 0.2) is 0 Å². The third kappa shape index (κ3) is 6.18. The van der Waals surface area contributed by atoms with Gasteiger partial charge in [0.2, 0.25) is 11.8 Å². The lowest BCUT2D eigenvalue weighted by atomic mass is 9.90. The lowest BCUT2D eigenvalue weighted by Crippen LogP contribution is -2.43. The minimum atomic E-state index is -0.0831. The quantitative estimate of drug-likeness (QED) is 0.660. The molecule has 0 radical (unpaired) electrons. The van der Waals surface area contributed by atoms with Gasteiger partial charge < -0.3 is 9.80 Å². The van der Waals surface area contributed by atoms with Crippen LogP contribution in [0.5, 0.6) is 0 Å². The van der Waals surface area contributed by atoms with Crippen molar-refractivity contribution in [3.05, 3.63) is 71.8 Å². The first-order chi connectivity index (χ1) is 14.0. The van der Waals surface area contributed by atoms with Gasteiger partial charge in [-0.15, -0.1) is 0 Å². The van der Waals surface area contributed by atoms with Gasteiger partial charge in [-0.1, -0.05) is 60.7 Å². The maximum atomic E-state index is 12.8. The van der Waals surface area contributed by atoms with Crippen LogP contribution in [0.1, 0.15) is 44.2 Å². The van der Waals surface area contributed by atoms with Crippen LogP contribution in [0.25, 0.3) is 0 Å². The normalized spacial score (nSPS) is 14.8. The molecule has 1 saturated heterocycles. The summed E-state index contributed by atoms with van der Waals surface area (Å²) in [6, 6.07) is 20.6. The molecule has 0 atom stereocenters. The summed E-state index contributed by atoms with van der Waals surface area (Å²) in [5, 5.41) is 0. The minimum absolute atomic E-state index is 0.0334. The molecule has 0 spiro atoms. The summed E-state index contributed by atoms with van der Waals surface area (Å²) in [6.07, 6.45) is 3.05. The molecule has 0 unspecified atom stereocenters. The average molecular weight is 393 g/mol. The van der Waals surface area contributed by atoms with Crippen LogP contribution in [0, 0.1) is 5.92 Å². The monoisotopic (exact) mass is 392 g/mol. The van der Waals surface area contributed by atoms with E-state index in [1.54, 1.807) is 4.90 Å². The molecule has 2 aromatic rings. The lowest BCUT2D eigenvalue weighted by molar-refractivity contribution is -0.142. The number of carbonyl (C=O) groups is 2. The fraction of sp³-hybridized carbons (Fsp3) is 0.440. The topological polar surface area (TPSA) is 40.6 Å². The Balaban J connectivity index is 1.49. The zero-order chi connectivity index (χ0) is 20.6. The number of piperidine rings is 1. The minimum Gasteiger partial charge on any atom is -0.342 e. The number of hydrogen-bond acceptors (Lipinski definition) is 2. The molecule has 3 rings (SSSR count). The summed E-state index contributed by atoms with van der Waals surface area (Å²) in [6.45, 7) is 6.05. The Morgan fingerprint density at radius 3 is 2.03 bits per heavy atom. The molecule has 154 valence electrons. The van der Waals surface area contributed by atoms with Crippen molar-refractivity contribution in [1.82, 2.24) is 9.80 Å². The summed E-state index contributed by atoms with van der Waals surface area (Å²) in [4.78, 5) is 29.2. The Hall–Kier alpha value is -2.62. The molecule has 1 heterocycles. The van der Waals surface area contributed by atoms with Crippen LogP contribution in [0.2, 0.25) is 0 Å². The highest BCUT2D eigenvalue weighted by atomic mass is 16.2. The van der Waals surface area contributed by atoms with E-state index in [1.165, 1.54) is 5.56 Å². The molecule has 0 N–H and O–H groups in total. The molecular weight excluding hydrogens is 360 g/mol. The van der Waals surface area contributed by atoms with Crippen molar-refractivity contribution in [2.75, 3.05) is 13.1 Å². The first-order valence-corrected chi connectivity index (χ1v) is 10.7. The molecule has 2 amide bonds. The van der Waals surface area contributed by atoms with E-state index in [-0.39, 0.29) is 24.3 Å². The lowest BCUT2D eigenvalue weighted by Gasteiger charge is -2.33. The van der Waals surface area contributed by atoms with E-state index in [1.807, 2.05) is 55.1 Å². The van der Waals surface area contributed by atoms with Gasteiger partial charge >= 0.3 is 0 Å². The molecule has 1 aliphatic rings. The van der Waals surface area contributed by atoms with E-state index in [9.17, 15) is 9.59 Å². The second kappa shape index (κ2) is 10.2. The predicted molar refractivity (Wildman–Crippen MR) is 116 cm³/mol. The molecule has 4 nitrogen and oxygen atoms in total. The van der Waals surface area contributed by atoms with E-state index >= 15 is 0 Å². The SMILES string of the molecule is CC(C)N(Cc1ccccc1)C(=O)CC(=O)N1CCC(Cc2ccccc2)CC1. The van der Waals surface area contributed by atoms with E-state index in [2.05, 4.69) is 24.3 Å². The predicted octanol–water partition coefficient (Wildman–Crippen LogP) is 4.30.